The van der Waals surface area contributed by atoms with Gasteiger partial charge in [0.25, 0.3) is 0 Å². The van der Waals surface area contributed by atoms with Crippen LogP contribution in [0.5, 0.6) is 5.75 Å². The zero-order chi connectivity index (χ0) is 20.7. The molecule has 3 heteroatoms. The van der Waals surface area contributed by atoms with Crippen molar-refractivity contribution in [1.29, 1.82) is 0 Å². The summed E-state index contributed by atoms with van der Waals surface area (Å²) in [6, 6.07) is 1.63. The first-order valence-corrected chi connectivity index (χ1v) is 11.2. The minimum atomic E-state index is -0.431. The van der Waals surface area contributed by atoms with Crippen LogP contribution in [0.3, 0.4) is 0 Å². The van der Waals surface area contributed by atoms with E-state index in [2.05, 4.69) is 37.3 Å². The molecule has 158 valence electrons. The molecule has 0 radical (unpaired) electrons. The van der Waals surface area contributed by atoms with E-state index in [1.807, 2.05) is 18.2 Å². The maximum absolute atomic E-state index is 12.6. The van der Waals surface area contributed by atoms with E-state index in [-0.39, 0.29) is 11.7 Å². The lowest BCUT2D eigenvalue weighted by Crippen LogP contribution is -2.12. The third-order valence-electron chi connectivity index (χ3n) is 5.19. The largest absolute Gasteiger partial charge is 0.507 e. The van der Waals surface area contributed by atoms with E-state index >= 15 is 0 Å². The second kappa shape index (κ2) is 13.8. The molecule has 1 N–H and O–H groups in total. The highest BCUT2D eigenvalue weighted by Crippen LogP contribution is 2.27. The Morgan fingerprint density at radius 3 is 2.62 bits per heavy atom. The Kier molecular flexibility index (Phi) is 11.0. The van der Waals surface area contributed by atoms with Gasteiger partial charge in [-0.2, -0.15) is 0 Å². The molecule has 0 saturated carbocycles. The molecule has 1 aliphatic carbocycles. The molecule has 2 bridgehead atoms. The van der Waals surface area contributed by atoms with Crippen molar-refractivity contribution in [2.45, 2.75) is 83.5 Å². The summed E-state index contributed by atoms with van der Waals surface area (Å²) in [5, 5.41) is 10.6. The SMILES string of the molecule is CC/C=C\C/C=C/[C@H]1/C=C\C/C=C\CCCCCCCCc2cc(O)c1c(=O)o2. The summed E-state index contributed by atoms with van der Waals surface area (Å²) in [5.41, 5.74) is -0.106. The van der Waals surface area contributed by atoms with Crippen LogP contribution in [0.15, 0.2) is 63.9 Å². The first kappa shape index (κ1) is 23.0. The smallest absolute Gasteiger partial charge is 0.343 e. The highest BCUT2D eigenvalue weighted by atomic mass is 16.4. The van der Waals surface area contributed by atoms with Crippen LogP contribution in [0, 0.1) is 0 Å². The number of aromatic hydroxyl groups is 1. The van der Waals surface area contributed by atoms with Crippen LogP contribution >= 0.6 is 0 Å². The van der Waals surface area contributed by atoms with Gasteiger partial charge in [-0.05, 0) is 38.5 Å². The molecule has 1 aromatic heterocycles. The Morgan fingerprint density at radius 1 is 1.03 bits per heavy atom. The quantitative estimate of drug-likeness (QED) is 0.551. The van der Waals surface area contributed by atoms with Crippen LogP contribution in [-0.2, 0) is 6.42 Å². The van der Waals surface area contributed by atoms with Gasteiger partial charge >= 0.3 is 5.63 Å². The van der Waals surface area contributed by atoms with Crippen LogP contribution in [0.1, 0.15) is 88.4 Å². The Morgan fingerprint density at radius 2 is 1.83 bits per heavy atom. The average molecular weight is 397 g/mol. The summed E-state index contributed by atoms with van der Waals surface area (Å²) in [4.78, 5) is 12.6. The molecule has 2 aliphatic rings. The van der Waals surface area contributed by atoms with Gasteiger partial charge in [0.2, 0.25) is 0 Å². The van der Waals surface area contributed by atoms with Crippen molar-refractivity contribution in [3.8, 4) is 5.75 Å². The van der Waals surface area contributed by atoms with Gasteiger partial charge < -0.3 is 9.52 Å². The van der Waals surface area contributed by atoms with E-state index in [4.69, 9.17) is 4.42 Å². The van der Waals surface area contributed by atoms with E-state index in [9.17, 15) is 9.90 Å². The minimum Gasteiger partial charge on any atom is -0.507 e. The van der Waals surface area contributed by atoms with Crippen LogP contribution in [0.25, 0.3) is 0 Å². The highest BCUT2D eigenvalue weighted by molar-refractivity contribution is 5.38. The summed E-state index contributed by atoms with van der Waals surface area (Å²) in [5.74, 6) is 0.330. The first-order chi connectivity index (χ1) is 14.2. The van der Waals surface area contributed by atoms with E-state index in [1.54, 1.807) is 6.07 Å². The van der Waals surface area contributed by atoms with Crippen molar-refractivity contribution < 1.29 is 9.52 Å². The molecule has 0 fully saturated rings. The molecule has 2 heterocycles. The molecule has 0 amide bonds. The second-order valence-corrected chi connectivity index (χ2v) is 7.66. The maximum atomic E-state index is 12.6. The summed E-state index contributed by atoms with van der Waals surface area (Å²) >= 11 is 0. The molecule has 29 heavy (non-hydrogen) atoms. The normalized spacial score (nSPS) is 21.9. The fourth-order valence-electron chi connectivity index (χ4n) is 3.58. The van der Waals surface area contributed by atoms with Crippen molar-refractivity contribution in [3.05, 3.63) is 76.4 Å². The monoisotopic (exact) mass is 396 g/mol. The standard InChI is InChI=1S/C26H36O3/c1-2-3-4-12-15-18-22-19-16-13-10-8-6-5-7-9-11-14-17-20-23-21-24(27)25(22)26(28)29-23/h3-4,8,10,15-16,18-19,21-22,27H,2,5-7,9,11-14,17,20H2,1H3/b4-3-,10-8-,18-15+,19-16-/t22-/m0/s1. The third kappa shape index (κ3) is 8.72. The number of rotatable bonds is 4. The first-order valence-electron chi connectivity index (χ1n) is 11.2. The number of aryl methyl sites for hydroxylation is 1. The minimum absolute atomic E-state index is 0.0382. The Balaban J connectivity index is 2.25. The molecule has 3 nitrogen and oxygen atoms in total. The highest BCUT2D eigenvalue weighted by Gasteiger charge is 2.17. The number of hydrogen-bond acceptors (Lipinski definition) is 3. The number of hydrogen-bond donors (Lipinski definition) is 1. The molecule has 3 rings (SSSR count). The van der Waals surface area contributed by atoms with Gasteiger partial charge in [-0.25, -0.2) is 4.79 Å². The molecule has 0 unspecified atom stereocenters. The summed E-state index contributed by atoms with van der Waals surface area (Å²) in [6.07, 6.45) is 28.3. The molecular formula is C26H36O3. The maximum Gasteiger partial charge on any atom is 0.343 e. The Labute approximate surface area is 175 Å². The zero-order valence-corrected chi connectivity index (χ0v) is 17.8. The van der Waals surface area contributed by atoms with Crippen LogP contribution < -0.4 is 5.63 Å². The zero-order valence-electron chi connectivity index (χ0n) is 17.8. The van der Waals surface area contributed by atoms with Crippen molar-refractivity contribution in [2.24, 2.45) is 0 Å². The lowest BCUT2D eigenvalue weighted by atomic mass is 9.97. The van der Waals surface area contributed by atoms with Gasteiger partial charge in [0.15, 0.2) is 0 Å². The van der Waals surface area contributed by atoms with Crippen molar-refractivity contribution >= 4 is 0 Å². The van der Waals surface area contributed by atoms with Crippen molar-refractivity contribution in [1.82, 2.24) is 0 Å². The Hall–Kier alpha value is -2.29. The molecule has 0 aromatic carbocycles. The fraction of sp³-hybridized carbons (Fsp3) is 0.500. The summed E-state index contributed by atoms with van der Waals surface area (Å²) < 4.78 is 5.55. The van der Waals surface area contributed by atoms with Gasteiger partial charge in [-0.15, -0.1) is 0 Å². The van der Waals surface area contributed by atoms with Gasteiger partial charge in [-0.3, -0.25) is 0 Å². The van der Waals surface area contributed by atoms with Gasteiger partial charge in [-0.1, -0.05) is 81.2 Å². The predicted molar refractivity (Wildman–Crippen MR) is 121 cm³/mol. The predicted octanol–water partition coefficient (Wildman–Crippen LogP) is 7.13. The van der Waals surface area contributed by atoms with Gasteiger partial charge in [0, 0.05) is 18.4 Å². The molecule has 1 aromatic rings. The van der Waals surface area contributed by atoms with Crippen molar-refractivity contribution in [3.63, 3.8) is 0 Å². The van der Waals surface area contributed by atoms with E-state index < -0.39 is 5.63 Å². The molecular weight excluding hydrogens is 360 g/mol. The van der Waals surface area contributed by atoms with Crippen LogP contribution in [-0.4, -0.2) is 5.11 Å². The van der Waals surface area contributed by atoms with Crippen molar-refractivity contribution in [2.75, 3.05) is 0 Å². The molecule has 0 spiro atoms. The van der Waals surface area contributed by atoms with Gasteiger partial charge in [0.1, 0.15) is 11.5 Å². The topological polar surface area (TPSA) is 50.4 Å². The number of fused-ring (bicyclic) bond motifs is 13. The summed E-state index contributed by atoms with van der Waals surface area (Å²) in [6.45, 7) is 2.10. The average Bonchev–Trinajstić information content (AvgIpc) is 2.69. The number of allylic oxidation sites excluding steroid dienone is 8. The second-order valence-electron chi connectivity index (χ2n) is 7.66. The van der Waals surface area contributed by atoms with Gasteiger partial charge in [0.05, 0.1) is 5.56 Å². The molecule has 0 saturated heterocycles. The fourth-order valence-corrected chi connectivity index (χ4v) is 3.58. The van der Waals surface area contributed by atoms with Crippen LogP contribution in [0.2, 0.25) is 0 Å². The third-order valence-corrected chi connectivity index (χ3v) is 5.19. The summed E-state index contributed by atoms with van der Waals surface area (Å²) in [7, 11) is 0. The Bertz CT molecular complexity index is 765. The lowest BCUT2D eigenvalue weighted by Gasteiger charge is -2.11. The van der Waals surface area contributed by atoms with Crippen LogP contribution in [0.4, 0.5) is 0 Å². The lowest BCUT2D eigenvalue weighted by molar-refractivity contribution is 0.407. The van der Waals surface area contributed by atoms with E-state index in [1.165, 1.54) is 25.7 Å². The van der Waals surface area contributed by atoms with E-state index in [0.29, 0.717) is 17.7 Å². The molecule has 1 atom stereocenters. The van der Waals surface area contributed by atoms with E-state index in [0.717, 1.165) is 38.5 Å². The molecule has 1 aliphatic heterocycles.